The third-order valence-corrected chi connectivity index (χ3v) is 2.70. The second-order valence-electron chi connectivity index (χ2n) is 4.01. The number of ether oxygens (including phenoxy) is 2. The van der Waals surface area contributed by atoms with E-state index in [9.17, 15) is 0 Å². The second kappa shape index (κ2) is 6.00. The van der Waals surface area contributed by atoms with E-state index < -0.39 is 0 Å². The van der Waals surface area contributed by atoms with E-state index in [-0.39, 0.29) is 0 Å². The molecule has 0 aliphatic rings. The molecular formula is C15H18N2O2. The molecule has 19 heavy (non-hydrogen) atoms. The van der Waals surface area contributed by atoms with Crippen molar-refractivity contribution >= 4 is 17.1 Å². The van der Waals surface area contributed by atoms with E-state index in [1.165, 1.54) is 0 Å². The molecule has 0 saturated carbocycles. The van der Waals surface area contributed by atoms with E-state index in [2.05, 4.69) is 5.32 Å². The van der Waals surface area contributed by atoms with Crippen LogP contribution in [0.25, 0.3) is 0 Å². The minimum atomic E-state index is 0.586. The lowest BCUT2D eigenvalue weighted by molar-refractivity contribution is 0.342. The van der Waals surface area contributed by atoms with Gasteiger partial charge in [-0.1, -0.05) is 12.1 Å². The summed E-state index contributed by atoms with van der Waals surface area (Å²) in [5.74, 6) is 1.47. The van der Waals surface area contributed by atoms with E-state index in [1.807, 2.05) is 49.4 Å². The number of benzene rings is 2. The lowest BCUT2D eigenvalue weighted by Crippen LogP contribution is -1.99. The molecule has 0 aliphatic carbocycles. The van der Waals surface area contributed by atoms with Gasteiger partial charge in [0.1, 0.15) is 11.5 Å². The third-order valence-electron chi connectivity index (χ3n) is 2.70. The number of para-hydroxylation sites is 2. The Labute approximate surface area is 113 Å². The van der Waals surface area contributed by atoms with Crippen molar-refractivity contribution in [1.29, 1.82) is 0 Å². The number of hydrogen-bond acceptors (Lipinski definition) is 4. The van der Waals surface area contributed by atoms with Crippen molar-refractivity contribution in [3.8, 4) is 11.5 Å². The van der Waals surface area contributed by atoms with Crippen molar-refractivity contribution in [1.82, 2.24) is 0 Å². The zero-order chi connectivity index (χ0) is 13.7. The normalized spacial score (nSPS) is 10.0. The second-order valence-corrected chi connectivity index (χ2v) is 4.01. The molecule has 0 aliphatic heterocycles. The first kappa shape index (κ1) is 13.1. The van der Waals surface area contributed by atoms with E-state index in [0.717, 1.165) is 17.1 Å². The summed E-state index contributed by atoms with van der Waals surface area (Å²) in [6.45, 7) is 2.52. The van der Waals surface area contributed by atoms with Crippen LogP contribution in [0.1, 0.15) is 6.92 Å². The lowest BCUT2D eigenvalue weighted by atomic mass is 10.2. The molecule has 3 N–H and O–H groups in total. The molecule has 0 amide bonds. The largest absolute Gasteiger partial charge is 0.495 e. The Bertz CT molecular complexity index is 556. The summed E-state index contributed by atoms with van der Waals surface area (Å²) in [7, 11) is 1.65. The highest BCUT2D eigenvalue weighted by Gasteiger charge is 2.05. The maximum absolute atomic E-state index is 5.85. The van der Waals surface area contributed by atoms with Crippen molar-refractivity contribution in [2.75, 3.05) is 24.8 Å². The fourth-order valence-electron chi connectivity index (χ4n) is 1.80. The van der Waals surface area contributed by atoms with Gasteiger partial charge in [0.25, 0.3) is 0 Å². The van der Waals surface area contributed by atoms with Crippen LogP contribution in [-0.4, -0.2) is 13.7 Å². The van der Waals surface area contributed by atoms with Crippen LogP contribution >= 0.6 is 0 Å². The van der Waals surface area contributed by atoms with Crippen LogP contribution in [0.5, 0.6) is 11.5 Å². The molecule has 0 spiro atoms. The molecule has 0 fully saturated rings. The monoisotopic (exact) mass is 258 g/mol. The molecule has 4 heteroatoms. The van der Waals surface area contributed by atoms with E-state index in [1.54, 1.807) is 7.11 Å². The maximum atomic E-state index is 5.85. The Morgan fingerprint density at radius 2 is 1.89 bits per heavy atom. The molecular weight excluding hydrogens is 240 g/mol. The molecule has 0 unspecified atom stereocenters. The molecule has 2 rings (SSSR count). The average Bonchev–Trinajstić information content (AvgIpc) is 2.43. The van der Waals surface area contributed by atoms with Gasteiger partial charge >= 0.3 is 0 Å². The van der Waals surface area contributed by atoms with E-state index in [0.29, 0.717) is 18.0 Å². The summed E-state index contributed by atoms with van der Waals surface area (Å²) in [5.41, 5.74) is 8.28. The molecule has 100 valence electrons. The van der Waals surface area contributed by atoms with Crippen LogP contribution in [-0.2, 0) is 0 Å². The van der Waals surface area contributed by atoms with Gasteiger partial charge in [0.2, 0.25) is 0 Å². The Morgan fingerprint density at radius 3 is 2.63 bits per heavy atom. The highest BCUT2D eigenvalue weighted by molar-refractivity contribution is 5.70. The molecule has 0 heterocycles. The van der Waals surface area contributed by atoms with Gasteiger partial charge in [0, 0.05) is 11.8 Å². The molecule has 4 nitrogen and oxygen atoms in total. The predicted octanol–water partition coefficient (Wildman–Crippen LogP) is 3.42. The summed E-state index contributed by atoms with van der Waals surface area (Å²) in [4.78, 5) is 0. The van der Waals surface area contributed by atoms with Crippen molar-refractivity contribution in [2.45, 2.75) is 6.92 Å². The summed E-state index contributed by atoms with van der Waals surface area (Å²) in [6, 6.07) is 13.3. The molecule has 0 aromatic heterocycles. The van der Waals surface area contributed by atoms with Gasteiger partial charge in [0.15, 0.2) is 0 Å². The minimum Gasteiger partial charge on any atom is -0.495 e. The predicted molar refractivity (Wildman–Crippen MR) is 78.3 cm³/mol. The zero-order valence-corrected chi connectivity index (χ0v) is 11.1. The van der Waals surface area contributed by atoms with Crippen molar-refractivity contribution in [3.05, 3.63) is 42.5 Å². The minimum absolute atomic E-state index is 0.586. The molecule has 0 bridgehead atoms. The molecule has 0 atom stereocenters. The Morgan fingerprint density at radius 1 is 1.11 bits per heavy atom. The number of anilines is 3. The van der Waals surface area contributed by atoms with Gasteiger partial charge in [-0.3, -0.25) is 0 Å². The molecule has 0 radical (unpaired) electrons. The first-order chi connectivity index (χ1) is 9.24. The van der Waals surface area contributed by atoms with Gasteiger partial charge in [-0.25, -0.2) is 0 Å². The Kier molecular flexibility index (Phi) is 4.13. The van der Waals surface area contributed by atoms with Gasteiger partial charge in [-0.15, -0.1) is 0 Å². The summed E-state index contributed by atoms with van der Waals surface area (Å²) in [5, 5.41) is 3.29. The van der Waals surface area contributed by atoms with E-state index >= 15 is 0 Å². The molecule has 2 aromatic carbocycles. The number of nitrogens with one attached hydrogen (secondary N) is 1. The van der Waals surface area contributed by atoms with E-state index in [4.69, 9.17) is 15.2 Å². The van der Waals surface area contributed by atoms with Crippen molar-refractivity contribution in [3.63, 3.8) is 0 Å². The summed E-state index contributed by atoms with van der Waals surface area (Å²) < 4.78 is 10.8. The fraction of sp³-hybridized carbons (Fsp3) is 0.200. The van der Waals surface area contributed by atoms with Crippen LogP contribution < -0.4 is 20.5 Å². The van der Waals surface area contributed by atoms with Gasteiger partial charge < -0.3 is 20.5 Å². The van der Waals surface area contributed by atoms with Crippen LogP contribution in [0.2, 0.25) is 0 Å². The highest BCUT2D eigenvalue weighted by Crippen LogP contribution is 2.31. The number of nitrogen functional groups attached to an aromatic ring is 1. The van der Waals surface area contributed by atoms with Crippen LogP contribution in [0, 0.1) is 0 Å². The van der Waals surface area contributed by atoms with Gasteiger partial charge in [0.05, 0.1) is 25.1 Å². The fourth-order valence-corrected chi connectivity index (χ4v) is 1.80. The maximum Gasteiger partial charge on any atom is 0.144 e. The van der Waals surface area contributed by atoms with Crippen LogP contribution in [0.3, 0.4) is 0 Å². The standard InChI is InChI=1S/C15H18N2O2/c1-3-19-15-10-11(8-9-12(15)16)17-13-6-4-5-7-14(13)18-2/h4-10,17H,3,16H2,1-2H3. The average molecular weight is 258 g/mol. The third kappa shape index (κ3) is 3.10. The SMILES string of the molecule is CCOc1cc(Nc2ccccc2OC)ccc1N. The Balaban J connectivity index is 2.25. The zero-order valence-electron chi connectivity index (χ0n) is 11.1. The first-order valence-electron chi connectivity index (χ1n) is 6.17. The molecule has 2 aromatic rings. The smallest absolute Gasteiger partial charge is 0.144 e. The number of hydrogen-bond donors (Lipinski definition) is 2. The van der Waals surface area contributed by atoms with Crippen LogP contribution in [0.15, 0.2) is 42.5 Å². The van der Waals surface area contributed by atoms with Crippen LogP contribution in [0.4, 0.5) is 17.1 Å². The van der Waals surface area contributed by atoms with Crippen molar-refractivity contribution < 1.29 is 9.47 Å². The van der Waals surface area contributed by atoms with Crippen molar-refractivity contribution in [2.24, 2.45) is 0 Å². The number of nitrogens with two attached hydrogens (primary N) is 1. The van der Waals surface area contributed by atoms with Gasteiger partial charge in [-0.05, 0) is 31.2 Å². The topological polar surface area (TPSA) is 56.5 Å². The quantitative estimate of drug-likeness (QED) is 0.807. The van der Waals surface area contributed by atoms with Gasteiger partial charge in [-0.2, -0.15) is 0 Å². The summed E-state index contributed by atoms with van der Waals surface area (Å²) >= 11 is 0. The highest BCUT2D eigenvalue weighted by atomic mass is 16.5. The lowest BCUT2D eigenvalue weighted by Gasteiger charge is -2.13. The molecule has 0 saturated heterocycles. The number of methoxy groups -OCH3 is 1. The summed E-state index contributed by atoms with van der Waals surface area (Å²) in [6.07, 6.45) is 0. The Hall–Kier alpha value is -2.36. The number of rotatable bonds is 5. The first-order valence-corrected chi connectivity index (χ1v) is 6.17.